The molecule has 0 atom stereocenters. The van der Waals surface area contributed by atoms with Gasteiger partial charge in [0.15, 0.2) is 0 Å². The molecule has 0 unspecified atom stereocenters. The summed E-state index contributed by atoms with van der Waals surface area (Å²) < 4.78 is 0. The fraction of sp³-hybridized carbons (Fsp3) is 0.143. The second-order valence-electron chi connectivity index (χ2n) is 16.3. The fourth-order valence-electron chi connectivity index (χ4n) is 9.31. The zero-order chi connectivity index (χ0) is 38.7. The van der Waals surface area contributed by atoms with Crippen LogP contribution in [0.15, 0.2) is 164 Å². The molecule has 0 fully saturated rings. The maximum atomic E-state index is 2.47. The van der Waals surface area contributed by atoms with Crippen molar-refractivity contribution in [3.63, 3.8) is 0 Å². The molecule has 9 rings (SSSR count). The van der Waals surface area contributed by atoms with Gasteiger partial charge in [0.25, 0.3) is 0 Å². The van der Waals surface area contributed by atoms with Crippen molar-refractivity contribution in [2.75, 3.05) is 0 Å². The van der Waals surface area contributed by atoms with E-state index in [1.165, 1.54) is 117 Å². The summed E-state index contributed by atoms with van der Waals surface area (Å²) in [4.78, 5) is 0. The molecule has 0 amide bonds. The van der Waals surface area contributed by atoms with Crippen LogP contribution in [0.1, 0.15) is 52.8 Å². The summed E-state index contributed by atoms with van der Waals surface area (Å²) in [5.74, 6) is 0. The Morgan fingerprint density at radius 3 is 1.27 bits per heavy atom. The van der Waals surface area contributed by atoms with E-state index in [-0.39, 0.29) is 5.41 Å². The smallest absolute Gasteiger partial charge is 0.0159 e. The van der Waals surface area contributed by atoms with Crippen molar-refractivity contribution in [2.24, 2.45) is 0 Å². The largest absolute Gasteiger partial charge is 0.0620 e. The highest BCUT2D eigenvalue weighted by Crippen LogP contribution is 2.53. The van der Waals surface area contributed by atoms with Crippen LogP contribution in [-0.2, 0) is 5.41 Å². The molecule has 0 saturated carbocycles. The molecule has 0 saturated heterocycles. The van der Waals surface area contributed by atoms with E-state index in [1.807, 2.05) is 0 Å². The molecule has 1 aliphatic rings. The lowest BCUT2D eigenvalue weighted by Gasteiger charge is -2.22. The van der Waals surface area contributed by atoms with Crippen LogP contribution in [0.4, 0.5) is 0 Å². The normalized spacial score (nSPS) is 12.7. The Morgan fingerprint density at radius 1 is 0.286 bits per heavy atom. The molecule has 272 valence electrons. The first-order valence-corrected chi connectivity index (χ1v) is 19.9. The first-order chi connectivity index (χ1) is 27.1. The van der Waals surface area contributed by atoms with Crippen molar-refractivity contribution >= 4 is 0 Å². The zero-order valence-electron chi connectivity index (χ0n) is 33.6. The Morgan fingerprint density at radius 2 is 0.679 bits per heavy atom. The van der Waals surface area contributed by atoms with Crippen molar-refractivity contribution in [1.82, 2.24) is 0 Å². The van der Waals surface area contributed by atoms with Crippen LogP contribution in [-0.4, -0.2) is 0 Å². The minimum atomic E-state index is -0.0679. The Labute approximate surface area is 333 Å². The van der Waals surface area contributed by atoms with E-state index in [4.69, 9.17) is 0 Å². The molecule has 0 aliphatic heterocycles. The predicted octanol–water partition coefficient (Wildman–Crippen LogP) is 15.5. The van der Waals surface area contributed by atoms with Crippen LogP contribution >= 0.6 is 0 Å². The van der Waals surface area contributed by atoms with E-state index in [9.17, 15) is 0 Å². The van der Waals surface area contributed by atoms with E-state index >= 15 is 0 Å². The highest BCUT2D eigenvalue weighted by molar-refractivity contribution is 5.97. The standard InChI is InChI=1S/C56H48/c1-35-17-8-10-19-43(35)49-31-40(29-27-37(49)3)41-30-28-38(4)50(32-41)46-21-12-13-22-47(46)52-34-42(33-51(39(52)5)44-20-11-9-18-36(44)2)45-24-16-26-54-55(45)48-23-14-15-25-53(48)56(54,6)7/h8-34H,1-7H3. The molecule has 0 bridgehead atoms. The SMILES string of the molecule is Cc1ccccc1-c1cc(-c2ccc(C)c(-c3ccccc3-c3cc(-c4cccc5c4-c4ccccc4C5(C)C)cc(-c4ccccc4C)c3C)c2)ccc1C. The molecule has 0 heteroatoms. The Hall–Kier alpha value is -6.24. The van der Waals surface area contributed by atoms with Gasteiger partial charge in [0, 0.05) is 5.41 Å². The summed E-state index contributed by atoms with van der Waals surface area (Å²) in [7, 11) is 0. The highest BCUT2D eigenvalue weighted by atomic mass is 14.4. The number of hydrogen-bond acceptors (Lipinski definition) is 0. The molecule has 56 heavy (non-hydrogen) atoms. The molecule has 8 aromatic rings. The van der Waals surface area contributed by atoms with Crippen molar-refractivity contribution in [3.05, 3.63) is 203 Å². The first-order valence-electron chi connectivity index (χ1n) is 19.9. The molecule has 1 aliphatic carbocycles. The van der Waals surface area contributed by atoms with Crippen molar-refractivity contribution in [2.45, 2.75) is 53.9 Å². The van der Waals surface area contributed by atoms with Gasteiger partial charge in [0.05, 0.1) is 0 Å². The lowest BCUT2D eigenvalue weighted by molar-refractivity contribution is 0.660. The number of rotatable bonds is 6. The van der Waals surface area contributed by atoms with Gasteiger partial charge in [-0.25, -0.2) is 0 Å². The first kappa shape index (κ1) is 35.5. The monoisotopic (exact) mass is 720 g/mol. The molecular weight excluding hydrogens is 673 g/mol. The lowest BCUT2D eigenvalue weighted by atomic mass is 9.81. The molecule has 0 heterocycles. The number of benzene rings is 8. The minimum Gasteiger partial charge on any atom is -0.0620 e. The van der Waals surface area contributed by atoms with Crippen LogP contribution < -0.4 is 0 Å². The molecule has 0 spiro atoms. The average Bonchev–Trinajstić information content (AvgIpc) is 3.45. The summed E-state index contributed by atoms with van der Waals surface area (Å²) in [5.41, 5.74) is 27.0. The third-order valence-electron chi connectivity index (χ3n) is 12.5. The second kappa shape index (κ2) is 13.8. The minimum absolute atomic E-state index is 0.0679. The summed E-state index contributed by atoms with van der Waals surface area (Å²) in [6.07, 6.45) is 0. The third-order valence-corrected chi connectivity index (χ3v) is 12.5. The van der Waals surface area contributed by atoms with Crippen LogP contribution in [0, 0.1) is 34.6 Å². The van der Waals surface area contributed by atoms with Gasteiger partial charge >= 0.3 is 0 Å². The van der Waals surface area contributed by atoms with Gasteiger partial charge < -0.3 is 0 Å². The van der Waals surface area contributed by atoms with E-state index in [0.29, 0.717) is 0 Å². The zero-order valence-corrected chi connectivity index (χ0v) is 33.6. The molecule has 0 radical (unpaired) electrons. The van der Waals surface area contributed by atoms with Gasteiger partial charge in [-0.15, -0.1) is 0 Å². The van der Waals surface area contributed by atoms with E-state index in [0.717, 1.165) is 0 Å². The molecule has 0 N–H and O–H groups in total. The molecule has 8 aromatic carbocycles. The number of hydrogen-bond donors (Lipinski definition) is 0. The number of fused-ring (bicyclic) bond motifs is 3. The van der Waals surface area contributed by atoms with Gasteiger partial charge in [-0.3, -0.25) is 0 Å². The highest BCUT2D eigenvalue weighted by Gasteiger charge is 2.36. The van der Waals surface area contributed by atoms with Crippen molar-refractivity contribution in [1.29, 1.82) is 0 Å². The Bertz CT molecular complexity index is 2830. The Kier molecular flexibility index (Phi) is 8.74. The van der Waals surface area contributed by atoms with Gasteiger partial charge in [0.1, 0.15) is 0 Å². The predicted molar refractivity (Wildman–Crippen MR) is 240 cm³/mol. The van der Waals surface area contributed by atoms with Crippen LogP contribution in [0.5, 0.6) is 0 Å². The van der Waals surface area contributed by atoms with E-state index < -0.39 is 0 Å². The lowest BCUT2D eigenvalue weighted by Crippen LogP contribution is -2.14. The fourth-order valence-corrected chi connectivity index (χ4v) is 9.31. The summed E-state index contributed by atoms with van der Waals surface area (Å²) >= 11 is 0. The summed E-state index contributed by atoms with van der Waals surface area (Å²) in [6, 6.07) is 61.3. The van der Waals surface area contributed by atoms with Gasteiger partial charge in [0.2, 0.25) is 0 Å². The van der Waals surface area contributed by atoms with Crippen molar-refractivity contribution in [3.8, 4) is 77.9 Å². The van der Waals surface area contributed by atoms with Crippen molar-refractivity contribution < 1.29 is 0 Å². The third kappa shape index (κ3) is 5.84. The molecule has 0 aromatic heterocycles. The quantitative estimate of drug-likeness (QED) is 0.160. The van der Waals surface area contributed by atoms with Gasteiger partial charge in [-0.2, -0.15) is 0 Å². The molecule has 0 nitrogen and oxygen atoms in total. The maximum absolute atomic E-state index is 2.47. The molecular formula is C56H48. The average molecular weight is 721 g/mol. The van der Waals surface area contributed by atoms with E-state index in [1.54, 1.807) is 0 Å². The van der Waals surface area contributed by atoms with Crippen LogP contribution in [0.3, 0.4) is 0 Å². The topological polar surface area (TPSA) is 0 Å². The van der Waals surface area contributed by atoms with Crippen LogP contribution in [0.2, 0.25) is 0 Å². The summed E-state index contributed by atoms with van der Waals surface area (Å²) in [6.45, 7) is 16.0. The number of aryl methyl sites for hydroxylation is 4. The Balaban J connectivity index is 1.25. The van der Waals surface area contributed by atoms with Crippen LogP contribution in [0.25, 0.3) is 77.9 Å². The second-order valence-corrected chi connectivity index (χ2v) is 16.3. The summed E-state index contributed by atoms with van der Waals surface area (Å²) in [5, 5.41) is 0. The van der Waals surface area contributed by atoms with E-state index in [2.05, 4.69) is 212 Å². The maximum Gasteiger partial charge on any atom is 0.0159 e. The van der Waals surface area contributed by atoms with Gasteiger partial charge in [-0.05, 0) is 176 Å². The van der Waals surface area contributed by atoms with Gasteiger partial charge in [-0.1, -0.05) is 153 Å².